The summed E-state index contributed by atoms with van der Waals surface area (Å²) in [6.45, 7) is 2.10. The lowest BCUT2D eigenvalue weighted by atomic mass is 10.2. The zero-order valence-corrected chi connectivity index (χ0v) is 14.7. The average Bonchev–Trinajstić information content (AvgIpc) is 2.80. The number of halogens is 1. The van der Waals surface area contributed by atoms with Gasteiger partial charge in [0.05, 0.1) is 5.69 Å². The van der Waals surface area contributed by atoms with Crippen molar-refractivity contribution in [2.75, 3.05) is 24.8 Å². The summed E-state index contributed by atoms with van der Waals surface area (Å²) in [7, 11) is 1.85. The molecule has 6 heteroatoms. The van der Waals surface area contributed by atoms with E-state index in [-0.39, 0.29) is 11.9 Å². The van der Waals surface area contributed by atoms with Gasteiger partial charge >= 0.3 is 0 Å². The highest BCUT2D eigenvalue weighted by Crippen LogP contribution is 2.36. The van der Waals surface area contributed by atoms with Crippen LogP contribution in [-0.4, -0.2) is 35.9 Å². The van der Waals surface area contributed by atoms with Crippen molar-refractivity contribution in [3.05, 3.63) is 28.1 Å². The van der Waals surface area contributed by atoms with Gasteiger partial charge in [0, 0.05) is 34.0 Å². The van der Waals surface area contributed by atoms with Gasteiger partial charge in [-0.1, -0.05) is 18.5 Å². The fraction of sp³-hybridized carbons (Fsp3) is 0.400. The summed E-state index contributed by atoms with van der Waals surface area (Å²) in [6.07, 6.45) is 2.98. The van der Waals surface area contributed by atoms with Crippen molar-refractivity contribution in [1.29, 1.82) is 0 Å². The molecule has 0 fully saturated rings. The molecule has 0 bridgehead atoms. The van der Waals surface area contributed by atoms with E-state index in [0.29, 0.717) is 15.6 Å². The lowest BCUT2D eigenvalue weighted by molar-refractivity contribution is 0.0749. The Kier molecular flexibility index (Phi) is 5.41. The van der Waals surface area contributed by atoms with Gasteiger partial charge < -0.3 is 10.6 Å². The molecule has 1 amide bonds. The Hall–Kier alpha value is -0.910. The maximum Gasteiger partial charge on any atom is 0.266 e. The molecule has 0 saturated heterocycles. The lowest BCUT2D eigenvalue weighted by Crippen LogP contribution is -2.38. The Morgan fingerprint density at radius 1 is 1.52 bits per heavy atom. The van der Waals surface area contributed by atoms with Crippen LogP contribution in [0.1, 0.15) is 23.0 Å². The first-order chi connectivity index (χ1) is 9.99. The van der Waals surface area contributed by atoms with Gasteiger partial charge in [0.25, 0.3) is 5.91 Å². The molecule has 0 aliphatic heterocycles. The third kappa shape index (κ3) is 3.30. The van der Waals surface area contributed by atoms with Crippen molar-refractivity contribution in [3.8, 4) is 0 Å². The molecule has 2 N–H and O–H groups in total. The Labute approximate surface area is 138 Å². The minimum Gasteiger partial charge on any atom is -0.397 e. The molecule has 3 nitrogen and oxygen atoms in total. The number of nitrogens with zero attached hydrogens (tertiary/aromatic N) is 1. The third-order valence-electron chi connectivity index (χ3n) is 3.58. The van der Waals surface area contributed by atoms with Crippen molar-refractivity contribution < 1.29 is 4.79 Å². The standard InChI is InChI=1S/C15H19ClN2OS2/c1-4-10(8-20-3)18(2)15(19)14-13(17)11-7-9(16)5-6-12(11)21-14/h5-7,10H,4,8,17H2,1-3H3. The molecule has 1 unspecified atom stereocenters. The molecule has 0 radical (unpaired) electrons. The highest BCUT2D eigenvalue weighted by molar-refractivity contribution is 7.98. The fourth-order valence-electron chi connectivity index (χ4n) is 2.27. The summed E-state index contributed by atoms with van der Waals surface area (Å²) < 4.78 is 0.992. The van der Waals surface area contributed by atoms with E-state index in [2.05, 4.69) is 13.2 Å². The summed E-state index contributed by atoms with van der Waals surface area (Å²) in [6, 6.07) is 5.77. The van der Waals surface area contributed by atoms with Crippen LogP contribution < -0.4 is 5.73 Å². The second kappa shape index (κ2) is 6.90. The average molecular weight is 343 g/mol. The number of amides is 1. The van der Waals surface area contributed by atoms with Crippen LogP contribution >= 0.6 is 34.7 Å². The number of anilines is 1. The maximum absolute atomic E-state index is 12.7. The van der Waals surface area contributed by atoms with Gasteiger partial charge in [0.2, 0.25) is 0 Å². The van der Waals surface area contributed by atoms with E-state index in [9.17, 15) is 4.79 Å². The smallest absolute Gasteiger partial charge is 0.266 e. The molecular weight excluding hydrogens is 324 g/mol. The number of hydrogen-bond acceptors (Lipinski definition) is 4. The molecule has 1 aromatic heterocycles. The largest absolute Gasteiger partial charge is 0.397 e. The number of thioether (sulfide) groups is 1. The van der Waals surface area contributed by atoms with Gasteiger partial charge in [-0.05, 0) is 30.9 Å². The van der Waals surface area contributed by atoms with Crippen LogP contribution in [0.15, 0.2) is 18.2 Å². The quantitative estimate of drug-likeness (QED) is 0.878. The predicted octanol–water partition coefficient (Wildman–Crippen LogP) is 4.35. The van der Waals surface area contributed by atoms with Gasteiger partial charge in [-0.15, -0.1) is 11.3 Å². The molecule has 1 aromatic carbocycles. The van der Waals surface area contributed by atoms with Crippen molar-refractivity contribution in [2.45, 2.75) is 19.4 Å². The van der Waals surface area contributed by atoms with Crippen LogP contribution in [0.3, 0.4) is 0 Å². The number of rotatable bonds is 5. The Balaban J connectivity index is 2.37. The van der Waals surface area contributed by atoms with E-state index in [4.69, 9.17) is 17.3 Å². The first kappa shape index (κ1) is 16.5. The normalized spacial score (nSPS) is 12.6. The van der Waals surface area contributed by atoms with Gasteiger partial charge in [-0.2, -0.15) is 11.8 Å². The van der Waals surface area contributed by atoms with Crippen LogP contribution in [0.4, 0.5) is 5.69 Å². The molecule has 0 aliphatic carbocycles. The number of fused-ring (bicyclic) bond motifs is 1. The maximum atomic E-state index is 12.7. The molecule has 114 valence electrons. The fourth-order valence-corrected chi connectivity index (χ4v) is 4.37. The SMILES string of the molecule is CCC(CSC)N(C)C(=O)c1sc2ccc(Cl)cc2c1N. The summed E-state index contributed by atoms with van der Waals surface area (Å²) in [4.78, 5) is 15.1. The summed E-state index contributed by atoms with van der Waals surface area (Å²) in [5.41, 5.74) is 6.70. The molecular formula is C15H19ClN2OS2. The lowest BCUT2D eigenvalue weighted by Gasteiger charge is -2.26. The van der Waals surface area contributed by atoms with Crippen molar-refractivity contribution >= 4 is 56.4 Å². The summed E-state index contributed by atoms with van der Waals surface area (Å²) in [5, 5.41) is 1.50. The molecule has 21 heavy (non-hydrogen) atoms. The second-order valence-electron chi connectivity index (χ2n) is 4.92. The Morgan fingerprint density at radius 3 is 2.86 bits per heavy atom. The summed E-state index contributed by atoms with van der Waals surface area (Å²) >= 11 is 9.19. The highest BCUT2D eigenvalue weighted by atomic mass is 35.5. The number of nitrogen functional groups attached to an aromatic ring is 1. The molecule has 1 atom stereocenters. The Bertz CT molecular complexity index is 656. The van der Waals surface area contributed by atoms with E-state index in [1.807, 2.05) is 25.2 Å². The first-order valence-corrected chi connectivity index (χ1v) is 9.32. The van der Waals surface area contributed by atoms with E-state index < -0.39 is 0 Å². The number of thiophene rings is 1. The van der Waals surface area contributed by atoms with Crippen LogP contribution in [0.5, 0.6) is 0 Å². The van der Waals surface area contributed by atoms with E-state index >= 15 is 0 Å². The zero-order valence-electron chi connectivity index (χ0n) is 12.4. The summed E-state index contributed by atoms with van der Waals surface area (Å²) in [5.74, 6) is 0.917. The molecule has 2 aromatic rings. The van der Waals surface area contributed by atoms with Crippen molar-refractivity contribution in [2.24, 2.45) is 0 Å². The van der Waals surface area contributed by atoms with E-state index in [1.54, 1.807) is 16.7 Å². The molecule has 0 saturated carbocycles. The van der Waals surface area contributed by atoms with Crippen molar-refractivity contribution in [3.63, 3.8) is 0 Å². The zero-order chi connectivity index (χ0) is 15.6. The van der Waals surface area contributed by atoms with Crippen molar-refractivity contribution in [1.82, 2.24) is 4.90 Å². The predicted molar refractivity (Wildman–Crippen MR) is 95.8 cm³/mol. The van der Waals surface area contributed by atoms with Gasteiger partial charge in [-0.3, -0.25) is 4.79 Å². The Morgan fingerprint density at radius 2 is 2.24 bits per heavy atom. The highest BCUT2D eigenvalue weighted by Gasteiger charge is 2.24. The third-order valence-corrected chi connectivity index (χ3v) is 5.71. The van der Waals surface area contributed by atoms with Crippen LogP contribution in [0.2, 0.25) is 5.02 Å². The molecule has 0 aliphatic rings. The van der Waals surface area contributed by atoms with E-state index in [0.717, 1.165) is 22.3 Å². The van der Waals surface area contributed by atoms with Crippen LogP contribution in [-0.2, 0) is 0 Å². The van der Waals surface area contributed by atoms with E-state index in [1.165, 1.54) is 11.3 Å². The molecule has 0 spiro atoms. The number of hydrogen-bond donors (Lipinski definition) is 1. The van der Waals surface area contributed by atoms with Crippen LogP contribution in [0.25, 0.3) is 10.1 Å². The van der Waals surface area contributed by atoms with Gasteiger partial charge in [0.1, 0.15) is 4.88 Å². The number of carbonyl (C=O) groups excluding carboxylic acids is 1. The van der Waals surface area contributed by atoms with Gasteiger partial charge in [-0.25, -0.2) is 0 Å². The number of carbonyl (C=O) groups is 1. The minimum absolute atomic E-state index is 0.00859. The molecule has 1 heterocycles. The van der Waals surface area contributed by atoms with Gasteiger partial charge in [0.15, 0.2) is 0 Å². The first-order valence-electron chi connectivity index (χ1n) is 6.73. The number of benzene rings is 1. The number of nitrogens with two attached hydrogens (primary N) is 1. The topological polar surface area (TPSA) is 46.3 Å². The molecule has 2 rings (SSSR count). The van der Waals surface area contributed by atoms with Crippen LogP contribution in [0, 0.1) is 0 Å². The second-order valence-corrected chi connectivity index (χ2v) is 7.32. The monoisotopic (exact) mass is 342 g/mol. The minimum atomic E-state index is -0.00859.